The van der Waals surface area contributed by atoms with Gasteiger partial charge in [0.25, 0.3) is 5.91 Å². The molecule has 1 aliphatic heterocycles. The molecular formula is C30H30F4N2O2. The summed E-state index contributed by atoms with van der Waals surface area (Å²) in [5, 5.41) is 13.0. The van der Waals surface area contributed by atoms with E-state index in [9.17, 15) is 27.5 Å². The summed E-state index contributed by atoms with van der Waals surface area (Å²) in [6.45, 7) is 0.952. The van der Waals surface area contributed by atoms with E-state index in [-0.39, 0.29) is 43.7 Å². The Labute approximate surface area is 219 Å². The molecule has 1 heterocycles. The SMILES string of the molecule is O=C(NC1CCc2cc(CN3CCC(O)(C(F)(F)F)CC3)ccc2C1)c1ccc(-c2ccc(F)cc2)cc1. The molecule has 3 aromatic rings. The van der Waals surface area contributed by atoms with Crippen molar-refractivity contribution in [2.24, 2.45) is 0 Å². The van der Waals surface area contributed by atoms with Crippen LogP contribution in [0, 0.1) is 5.82 Å². The van der Waals surface area contributed by atoms with Crippen molar-refractivity contribution >= 4 is 5.91 Å². The van der Waals surface area contributed by atoms with Crippen LogP contribution in [0.3, 0.4) is 0 Å². The Morgan fingerprint density at radius 1 is 0.947 bits per heavy atom. The number of amides is 1. The van der Waals surface area contributed by atoms with Gasteiger partial charge in [-0.1, -0.05) is 42.5 Å². The number of nitrogens with one attached hydrogen (secondary N) is 1. The quantitative estimate of drug-likeness (QED) is 0.422. The topological polar surface area (TPSA) is 52.6 Å². The molecule has 1 aliphatic carbocycles. The zero-order valence-electron chi connectivity index (χ0n) is 20.9. The number of carbonyl (C=O) groups excluding carboxylic acids is 1. The molecule has 2 aliphatic rings. The summed E-state index contributed by atoms with van der Waals surface area (Å²) in [5.74, 6) is -0.426. The van der Waals surface area contributed by atoms with Gasteiger partial charge < -0.3 is 10.4 Å². The zero-order valence-corrected chi connectivity index (χ0v) is 20.9. The van der Waals surface area contributed by atoms with Crippen LogP contribution in [-0.4, -0.2) is 46.8 Å². The first-order chi connectivity index (χ1) is 18.1. The lowest BCUT2D eigenvalue weighted by molar-refractivity contribution is -0.272. The smallest absolute Gasteiger partial charge is 0.380 e. The maximum Gasteiger partial charge on any atom is 0.417 e. The molecule has 5 rings (SSSR count). The van der Waals surface area contributed by atoms with Crippen LogP contribution in [0.1, 0.15) is 46.3 Å². The van der Waals surface area contributed by atoms with Crippen molar-refractivity contribution in [3.05, 3.63) is 94.8 Å². The van der Waals surface area contributed by atoms with Gasteiger partial charge in [-0.25, -0.2) is 4.39 Å². The summed E-state index contributed by atoms with van der Waals surface area (Å²) in [6.07, 6.45) is -2.87. The summed E-state index contributed by atoms with van der Waals surface area (Å²) >= 11 is 0. The van der Waals surface area contributed by atoms with Gasteiger partial charge in [0.1, 0.15) is 5.82 Å². The van der Waals surface area contributed by atoms with Gasteiger partial charge in [-0.05, 0) is 84.2 Å². The Balaban J connectivity index is 1.15. The highest BCUT2D eigenvalue weighted by Gasteiger charge is 2.54. The van der Waals surface area contributed by atoms with Gasteiger partial charge in [-0.2, -0.15) is 13.2 Å². The number of hydrogen-bond acceptors (Lipinski definition) is 3. The highest BCUT2D eigenvalue weighted by molar-refractivity contribution is 5.94. The second kappa shape index (κ2) is 10.5. The summed E-state index contributed by atoms with van der Waals surface area (Å²) in [5.41, 5.74) is 3.20. The van der Waals surface area contributed by atoms with Crippen LogP contribution < -0.4 is 5.32 Å². The van der Waals surface area contributed by atoms with Crippen molar-refractivity contribution in [2.75, 3.05) is 13.1 Å². The van der Waals surface area contributed by atoms with Gasteiger partial charge >= 0.3 is 6.18 Å². The van der Waals surface area contributed by atoms with Crippen LogP contribution in [0.15, 0.2) is 66.7 Å². The standard InChI is InChI=1S/C30H30F4N2O2/c31-26-10-7-22(8-11-26)21-3-5-23(6-4-21)28(37)35-27-12-9-24-17-20(1-2-25(24)18-27)19-36-15-13-29(38,14-16-36)30(32,33)34/h1-8,10-11,17,27,38H,9,12-16,18-19H2,(H,35,37). The highest BCUT2D eigenvalue weighted by Crippen LogP contribution is 2.38. The number of alkyl halides is 3. The molecule has 3 aromatic carbocycles. The average molecular weight is 527 g/mol. The van der Waals surface area contributed by atoms with Crippen LogP contribution in [0.5, 0.6) is 0 Å². The van der Waals surface area contributed by atoms with Crippen molar-refractivity contribution < 1.29 is 27.5 Å². The largest absolute Gasteiger partial charge is 0.417 e. The molecular weight excluding hydrogens is 496 g/mol. The first-order valence-corrected chi connectivity index (χ1v) is 12.9. The number of benzene rings is 3. The van der Waals surface area contributed by atoms with E-state index in [4.69, 9.17) is 0 Å². The number of aliphatic hydroxyl groups is 1. The Bertz CT molecular complexity index is 1280. The first kappa shape index (κ1) is 26.4. The predicted octanol–water partition coefficient (Wildman–Crippen LogP) is 5.67. The Kier molecular flexibility index (Phi) is 7.29. The summed E-state index contributed by atoms with van der Waals surface area (Å²) in [7, 11) is 0. The third-order valence-corrected chi connectivity index (χ3v) is 7.78. The number of halogens is 4. The van der Waals surface area contributed by atoms with Gasteiger partial charge in [-0.15, -0.1) is 0 Å². The lowest BCUT2D eigenvalue weighted by Gasteiger charge is -2.39. The maximum absolute atomic E-state index is 13.2. The molecule has 0 spiro atoms. The van der Waals surface area contributed by atoms with Gasteiger partial charge in [-0.3, -0.25) is 9.69 Å². The molecule has 0 aromatic heterocycles. The van der Waals surface area contributed by atoms with Crippen LogP contribution in [-0.2, 0) is 19.4 Å². The van der Waals surface area contributed by atoms with E-state index in [0.717, 1.165) is 36.0 Å². The van der Waals surface area contributed by atoms with Gasteiger partial charge in [0.15, 0.2) is 5.60 Å². The van der Waals surface area contributed by atoms with E-state index in [1.54, 1.807) is 24.3 Å². The van der Waals surface area contributed by atoms with E-state index >= 15 is 0 Å². The maximum atomic E-state index is 13.2. The van der Waals surface area contributed by atoms with Crippen LogP contribution >= 0.6 is 0 Å². The van der Waals surface area contributed by atoms with E-state index in [1.165, 1.54) is 23.3 Å². The van der Waals surface area contributed by atoms with E-state index in [0.29, 0.717) is 12.1 Å². The average Bonchev–Trinajstić information content (AvgIpc) is 2.90. The van der Waals surface area contributed by atoms with Crippen LogP contribution in [0.2, 0.25) is 0 Å². The predicted molar refractivity (Wildman–Crippen MR) is 137 cm³/mol. The van der Waals surface area contributed by atoms with E-state index in [2.05, 4.69) is 17.4 Å². The number of aryl methyl sites for hydroxylation is 1. The van der Waals surface area contributed by atoms with Gasteiger partial charge in [0, 0.05) is 31.2 Å². The van der Waals surface area contributed by atoms with Crippen molar-refractivity contribution in [2.45, 2.75) is 56.5 Å². The van der Waals surface area contributed by atoms with Crippen LogP contribution in [0.25, 0.3) is 11.1 Å². The summed E-state index contributed by atoms with van der Waals surface area (Å²) < 4.78 is 52.3. The minimum atomic E-state index is -4.59. The molecule has 2 N–H and O–H groups in total. The summed E-state index contributed by atoms with van der Waals surface area (Å²) in [4.78, 5) is 14.8. The number of hydrogen-bond donors (Lipinski definition) is 2. The number of nitrogens with zero attached hydrogens (tertiary/aromatic N) is 1. The number of carbonyl (C=O) groups is 1. The Morgan fingerprint density at radius 2 is 1.58 bits per heavy atom. The molecule has 200 valence electrons. The number of fused-ring (bicyclic) bond motifs is 1. The molecule has 38 heavy (non-hydrogen) atoms. The molecule has 0 radical (unpaired) electrons. The molecule has 1 saturated heterocycles. The number of rotatable bonds is 5. The van der Waals surface area contributed by atoms with Gasteiger partial charge in [0.2, 0.25) is 0 Å². The molecule has 1 atom stereocenters. The lowest BCUT2D eigenvalue weighted by atomic mass is 9.86. The monoisotopic (exact) mass is 526 g/mol. The molecule has 0 saturated carbocycles. The fraction of sp³-hybridized carbons (Fsp3) is 0.367. The molecule has 8 heteroatoms. The molecule has 1 unspecified atom stereocenters. The lowest BCUT2D eigenvalue weighted by Crippen LogP contribution is -2.53. The number of piperidine rings is 1. The third kappa shape index (κ3) is 5.76. The highest BCUT2D eigenvalue weighted by atomic mass is 19.4. The van der Waals surface area contributed by atoms with Crippen molar-refractivity contribution in [1.82, 2.24) is 10.2 Å². The van der Waals surface area contributed by atoms with E-state index < -0.39 is 11.8 Å². The van der Waals surface area contributed by atoms with Crippen molar-refractivity contribution in [3.8, 4) is 11.1 Å². The second-order valence-electron chi connectivity index (χ2n) is 10.4. The molecule has 4 nitrogen and oxygen atoms in total. The van der Waals surface area contributed by atoms with Crippen LogP contribution in [0.4, 0.5) is 17.6 Å². The minimum Gasteiger partial charge on any atom is -0.380 e. The van der Waals surface area contributed by atoms with Crippen molar-refractivity contribution in [1.29, 1.82) is 0 Å². The summed E-state index contributed by atoms with van der Waals surface area (Å²) in [6, 6.07) is 19.7. The fourth-order valence-corrected chi connectivity index (χ4v) is 5.38. The van der Waals surface area contributed by atoms with Crippen molar-refractivity contribution in [3.63, 3.8) is 0 Å². The van der Waals surface area contributed by atoms with E-state index in [1.807, 2.05) is 23.1 Å². The number of likely N-dealkylation sites (tertiary alicyclic amines) is 1. The Morgan fingerprint density at radius 3 is 2.21 bits per heavy atom. The molecule has 1 fully saturated rings. The zero-order chi connectivity index (χ0) is 26.9. The minimum absolute atomic E-state index is 0.0137. The third-order valence-electron chi connectivity index (χ3n) is 7.78. The Hall–Kier alpha value is -3.23. The second-order valence-corrected chi connectivity index (χ2v) is 10.4. The van der Waals surface area contributed by atoms with Gasteiger partial charge in [0.05, 0.1) is 0 Å². The normalized spacial score (nSPS) is 19.6. The first-order valence-electron chi connectivity index (χ1n) is 12.9. The fourth-order valence-electron chi connectivity index (χ4n) is 5.38. The molecule has 0 bridgehead atoms. The molecule has 1 amide bonds.